The average Bonchev–Trinajstić information content (AvgIpc) is 3.09. The Hall–Kier alpha value is -3.73. The van der Waals surface area contributed by atoms with E-state index in [9.17, 15) is 4.39 Å². The van der Waals surface area contributed by atoms with Gasteiger partial charge in [-0.25, -0.2) is 27.6 Å². The molecule has 2 atom stereocenters. The number of hydrogen-bond acceptors (Lipinski definition) is 7. The number of fused-ring (bicyclic) bond motifs is 1. The molecule has 2 fully saturated rings. The van der Waals surface area contributed by atoms with Crippen molar-refractivity contribution < 1.29 is 37.8 Å². The highest BCUT2D eigenvalue weighted by atomic mass is 35.7. The minimum Gasteiger partial charge on any atom is -0.382 e. The first-order valence-electron chi connectivity index (χ1n) is 17.0. The Morgan fingerprint density at radius 2 is 1.44 bits per heavy atom. The highest BCUT2D eigenvalue weighted by Crippen LogP contribution is 2.46. The highest BCUT2D eigenvalue weighted by molar-refractivity contribution is 5.81. The van der Waals surface area contributed by atoms with Crippen LogP contribution in [-0.2, 0) is 6.42 Å². The first-order chi connectivity index (χ1) is 23.2. The maximum Gasteiger partial charge on any atom is 0.190 e. The largest absolute Gasteiger partial charge is 0.382 e. The van der Waals surface area contributed by atoms with Gasteiger partial charge in [0.15, 0.2) is 18.3 Å². The van der Waals surface area contributed by atoms with E-state index in [1.807, 2.05) is 42.7 Å². The minimum absolute atomic E-state index is 0.00387. The predicted octanol–water partition coefficient (Wildman–Crippen LogP) is 3.85. The first-order valence-corrected chi connectivity index (χ1v) is 18.2. The van der Waals surface area contributed by atoms with Crippen LogP contribution in [0.3, 0.4) is 0 Å². The summed E-state index contributed by atoms with van der Waals surface area (Å²) in [6.07, 6.45) is 19.3. The number of nitrogens with one attached hydrogen (secondary N) is 1. The van der Waals surface area contributed by atoms with E-state index in [2.05, 4.69) is 51.4 Å². The van der Waals surface area contributed by atoms with E-state index in [-0.39, 0.29) is 17.8 Å². The van der Waals surface area contributed by atoms with Gasteiger partial charge in [0.1, 0.15) is 5.82 Å². The predicted molar refractivity (Wildman–Crippen MR) is 172 cm³/mol. The van der Waals surface area contributed by atoms with E-state index < -0.39 is 10.2 Å². The van der Waals surface area contributed by atoms with E-state index in [1.54, 1.807) is 12.1 Å². The van der Waals surface area contributed by atoms with Crippen LogP contribution in [0.5, 0.6) is 0 Å². The lowest BCUT2D eigenvalue weighted by Gasteiger charge is -2.35. The fourth-order valence-corrected chi connectivity index (χ4v) is 7.76. The molecule has 1 aliphatic heterocycles. The zero-order valence-corrected chi connectivity index (χ0v) is 27.7. The molecule has 1 N–H and O–H groups in total. The smallest absolute Gasteiger partial charge is 0.190 e. The molecule has 0 saturated heterocycles. The van der Waals surface area contributed by atoms with Gasteiger partial charge in [-0.05, 0) is 97.5 Å². The summed E-state index contributed by atoms with van der Waals surface area (Å²) < 4.78 is 51.5. The van der Waals surface area contributed by atoms with Crippen molar-refractivity contribution in [2.75, 3.05) is 5.32 Å². The van der Waals surface area contributed by atoms with Gasteiger partial charge in [-0.15, -0.1) is 10.2 Å². The molecule has 2 aromatic carbocycles. The van der Waals surface area contributed by atoms with E-state index in [0.29, 0.717) is 18.5 Å². The first kappa shape index (κ1) is 34.1. The van der Waals surface area contributed by atoms with Crippen molar-refractivity contribution in [3.63, 3.8) is 0 Å². The molecular formula is C38H42ClFN4O4. The van der Waals surface area contributed by atoms with Crippen molar-refractivity contribution in [3.8, 4) is 0 Å². The number of anilines is 1. The van der Waals surface area contributed by atoms with E-state index >= 15 is 0 Å². The number of rotatable bonds is 7. The maximum absolute atomic E-state index is 14.9. The molecule has 2 aliphatic carbocycles. The van der Waals surface area contributed by atoms with Crippen LogP contribution in [0.2, 0.25) is 0 Å². The molecule has 3 heterocycles. The zero-order valence-electron chi connectivity index (χ0n) is 27.0. The zero-order chi connectivity index (χ0) is 33.5. The normalized spacial score (nSPS) is 20.2. The fraction of sp³-hybridized carbons (Fsp3) is 0.395. The SMILES string of the molecule is Fc1ccc([C@H]2[C@H](c3ccccn3)c3cc(NC4CCCCC4)ccc3C=[N+]2C2CCCCC2)c(Cc2ccccn2)c1.[O-][Cl+3]([O-])([O-])[O-]. The number of aromatic nitrogens is 2. The molecule has 252 valence electrons. The molecule has 2 aromatic heterocycles. The van der Waals surface area contributed by atoms with Gasteiger partial charge >= 0.3 is 0 Å². The quantitative estimate of drug-likeness (QED) is 0.295. The fourth-order valence-electron chi connectivity index (χ4n) is 7.76. The Morgan fingerprint density at radius 3 is 2.10 bits per heavy atom. The average molecular weight is 673 g/mol. The highest BCUT2D eigenvalue weighted by Gasteiger charge is 2.44. The van der Waals surface area contributed by atoms with Crippen molar-refractivity contribution in [1.29, 1.82) is 0 Å². The molecule has 0 amide bonds. The lowest BCUT2D eigenvalue weighted by molar-refractivity contribution is -2.00. The van der Waals surface area contributed by atoms with Crippen LogP contribution in [0, 0.1) is 16.1 Å². The molecule has 3 aliphatic rings. The van der Waals surface area contributed by atoms with Gasteiger partial charge < -0.3 is 5.32 Å². The summed E-state index contributed by atoms with van der Waals surface area (Å²) in [5, 5.41) is 3.88. The van der Waals surface area contributed by atoms with Crippen molar-refractivity contribution >= 4 is 11.9 Å². The van der Waals surface area contributed by atoms with Gasteiger partial charge in [0.25, 0.3) is 0 Å². The molecule has 4 aromatic rings. The second kappa shape index (κ2) is 15.7. The summed E-state index contributed by atoms with van der Waals surface area (Å²) in [6, 6.07) is 25.6. The molecule has 48 heavy (non-hydrogen) atoms. The molecule has 2 saturated carbocycles. The molecule has 0 unspecified atom stereocenters. The molecular weight excluding hydrogens is 631 g/mol. The molecule has 0 spiro atoms. The van der Waals surface area contributed by atoms with Crippen molar-refractivity contribution in [3.05, 3.63) is 125 Å². The number of nitrogens with zero attached hydrogens (tertiary/aromatic N) is 3. The van der Waals surface area contributed by atoms with Gasteiger partial charge in [-0.2, -0.15) is 0 Å². The Kier molecular flexibility index (Phi) is 11.1. The molecule has 0 bridgehead atoms. The third-order valence-electron chi connectivity index (χ3n) is 9.85. The van der Waals surface area contributed by atoms with Crippen LogP contribution in [-0.4, -0.2) is 32.8 Å². The third kappa shape index (κ3) is 8.84. The van der Waals surface area contributed by atoms with Gasteiger partial charge in [0, 0.05) is 60.2 Å². The Morgan fingerprint density at radius 1 is 0.750 bits per heavy atom. The lowest BCUT2D eigenvalue weighted by Crippen LogP contribution is -2.68. The van der Waals surface area contributed by atoms with Crippen LogP contribution in [0.4, 0.5) is 10.1 Å². The third-order valence-corrected chi connectivity index (χ3v) is 9.85. The number of benzene rings is 2. The molecule has 10 heteroatoms. The summed E-state index contributed by atoms with van der Waals surface area (Å²) in [6.45, 7) is 0. The lowest BCUT2D eigenvalue weighted by atomic mass is 9.76. The van der Waals surface area contributed by atoms with E-state index in [0.717, 1.165) is 17.0 Å². The van der Waals surface area contributed by atoms with Crippen LogP contribution in [0.25, 0.3) is 0 Å². The topological polar surface area (TPSA) is 133 Å². The van der Waals surface area contributed by atoms with Gasteiger partial charge in [0.05, 0.1) is 11.6 Å². The van der Waals surface area contributed by atoms with Crippen LogP contribution in [0.1, 0.15) is 110 Å². The van der Waals surface area contributed by atoms with E-state index in [4.69, 9.17) is 23.6 Å². The van der Waals surface area contributed by atoms with Gasteiger partial charge in [0.2, 0.25) is 0 Å². The minimum atomic E-state index is -4.94. The van der Waals surface area contributed by atoms with Crippen LogP contribution < -0.4 is 24.0 Å². The molecule has 0 radical (unpaired) electrons. The maximum atomic E-state index is 14.9. The summed E-state index contributed by atoms with van der Waals surface area (Å²) >= 11 is 0. The number of halogens is 2. The Bertz CT molecular complexity index is 1670. The summed E-state index contributed by atoms with van der Waals surface area (Å²) in [4.78, 5) is 9.60. The number of pyridine rings is 2. The summed E-state index contributed by atoms with van der Waals surface area (Å²) in [5.74, 6) is -0.198. The monoisotopic (exact) mass is 672 g/mol. The second-order valence-corrected chi connectivity index (χ2v) is 13.8. The van der Waals surface area contributed by atoms with Gasteiger partial charge in [-0.3, -0.25) is 9.97 Å². The van der Waals surface area contributed by atoms with Crippen LogP contribution >= 0.6 is 0 Å². The molecule has 7 rings (SSSR count). The van der Waals surface area contributed by atoms with Gasteiger partial charge in [-0.1, -0.05) is 37.8 Å². The standard InChI is InChI=1S/C38H41FN4.ClHO4/c39-29-18-20-34(28(23-29)24-31-13-7-9-21-40-31)38-37(36-16-8-10-22-41-36)35-25-32(42-30-11-3-1-4-12-30)19-17-27(35)26-43(38)33-14-5-2-6-15-33;2-1(3,4)5/h7-10,13,16-23,25-26,30,33,37-38H,1-6,11-12,14-15,24H2;(H,2,3,4,5)/t37-,38-;/m0./s1. The van der Waals surface area contributed by atoms with Crippen molar-refractivity contribution in [2.45, 2.75) is 94.7 Å². The van der Waals surface area contributed by atoms with Crippen molar-refractivity contribution in [2.24, 2.45) is 0 Å². The summed E-state index contributed by atoms with van der Waals surface area (Å²) in [5.41, 5.74) is 7.93. The molecule has 8 nitrogen and oxygen atoms in total. The number of hydrogen-bond donors (Lipinski definition) is 1. The van der Waals surface area contributed by atoms with Crippen LogP contribution in [0.15, 0.2) is 85.2 Å². The van der Waals surface area contributed by atoms with E-state index in [1.165, 1.54) is 86.6 Å². The Balaban J connectivity index is 0.000000749. The second-order valence-electron chi connectivity index (χ2n) is 13.1. The Labute approximate surface area is 283 Å². The van der Waals surface area contributed by atoms with Crippen molar-refractivity contribution in [1.82, 2.24) is 9.97 Å². The summed E-state index contributed by atoms with van der Waals surface area (Å²) in [7, 11) is -4.94.